The molecule has 0 amide bonds. The number of halogens is 1. The third kappa shape index (κ3) is 2.55. The van der Waals surface area contributed by atoms with Crippen molar-refractivity contribution in [2.75, 3.05) is 11.5 Å². The van der Waals surface area contributed by atoms with Gasteiger partial charge in [0.15, 0.2) is 0 Å². The highest BCUT2D eigenvalue weighted by Crippen LogP contribution is 2.37. The summed E-state index contributed by atoms with van der Waals surface area (Å²) in [5, 5.41) is 0.809. The Labute approximate surface area is 104 Å². The largest absolute Gasteiger partial charge is 0.323 e. The fraction of sp³-hybridized carbons (Fsp3) is 0.500. The first-order chi connectivity index (χ1) is 7.70. The zero-order valence-electron chi connectivity index (χ0n) is 9.23. The van der Waals surface area contributed by atoms with Gasteiger partial charge >= 0.3 is 0 Å². The van der Waals surface area contributed by atoms with Crippen LogP contribution in [0, 0.1) is 5.82 Å². The summed E-state index contributed by atoms with van der Waals surface area (Å²) in [4.78, 5) is 0. The van der Waals surface area contributed by atoms with E-state index >= 15 is 0 Å². The maximum absolute atomic E-state index is 13.6. The first-order valence-electron chi connectivity index (χ1n) is 5.43. The molecule has 1 aliphatic rings. The molecule has 1 fully saturated rings. The Bertz CT molecular complexity index is 359. The highest BCUT2D eigenvalue weighted by atomic mass is 32.2. The minimum atomic E-state index is -0.200. The normalized spacial score (nSPS) is 27.7. The van der Waals surface area contributed by atoms with Crippen LogP contribution in [0.3, 0.4) is 0 Å². The minimum Gasteiger partial charge on any atom is -0.323 e. The van der Waals surface area contributed by atoms with Crippen LogP contribution in [0.15, 0.2) is 24.3 Å². The van der Waals surface area contributed by atoms with E-state index in [4.69, 9.17) is 5.73 Å². The maximum Gasteiger partial charge on any atom is 0.128 e. The summed E-state index contributed by atoms with van der Waals surface area (Å²) < 4.78 is 13.6. The molecule has 1 nitrogen and oxygen atoms in total. The molecule has 88 valence electrons. The van der Waals surface area contributed by atoms with Gasteiger partial charge in [0, 0.05) is 33.6 Å². The summed E-state index contributed by atoms with van der Waals surface area (Å²) in [5.41, 5.74) is 6.83. The smallest absolute Gasteiger partial charge is 0.128 e. The first kappa shape index (κ1) is 12.3. The molecule has 1 aliphatic heterocycles. The van der Waals surface area contributed by atoms with Crippen LogP contribution in [0.5, 0.6) is 0 Å². The molecule has 0 saturated carbocycles. The summed E-state index contributed by atoms with van der Waals surface area (Å²) in [7, 11) is 0. The van der Waals surface area contributed by atoms with E-state index in [1.54, 1.807) is 12.1 Å². The fourth-order valence-corrected chi connectivity index (χ4v) is 4.84. The molecule has 0 spiro atoms. The monoisotopic (exact) mass is 257 g/mol. The van der Waals surface area contributed by atoms with Crippen molar-refractivity contribution >= 4 is 23.5 Å². The molecule has 0 aromatic heterocycles. The number of rotatable bonds is 2. The van der Waals surface area contributed by atoms with Gasteiger partial charge in [0.25, 0.3) is 0 Å². The van der Waals surface area contributed by atoms with Crippen LogP contribution >= 0.6 is 23.5 Å². The van der Waals surface area contributed by atoms with Crippen LogP contribution in [0.4, 0.5) is 4.39 Å². The standard InChI is InChI=1S/C12H16FNS2/c1-8-12(16-7-6-15-8)11(14)9-4-2-3-5-10(9)13/h2-5,8,11-12H,6-7,14H2,1H3. The third-order valence-electron chi connectivity index (χ3n) is 2.86. The van der Waals surface area contributed by atoms with Gasteiger partial charge in [0.1, 0.15) is 5.82 Å². The molecule has 16 heavy (non-hydrogen) atoms. The van der Waals surface area contributed by atoms with E-state index in [1.165, 1.54) is 11.8 Å². The quantitative estimate of drug-likeness (QED) is 0.882. The molecule has 1 aromatic carbocycles. The Kier molecular flexibility index (Phi) is 4.16. The van der Waals surface area contributed by atoms with Crippen molar-refractivity contribution in [1.82, 2.24) is 0 Å². The predicted molar refractivity (Wildman–Crippen MR) is 71.5 cm³/mol. The predicted octanol–water partition coefficient (Wildman–Crippen LogP) is 3.06. The summed E-state index contributed by atoms with van der Waals surface area (Å²) in [6.07, 6.45) is 0. The third-order valence-corrected chi connectivity index (χ3v) is 6.07. The molecule has 4 heteroatoms. The molecular weight excluding hydrogens is 241 g/mol. The number of hydrogen-bond acceptors (Lipinski definition) is 3. The van der Waals surface area contributed by atoms with E-state index in [0.29, 0.717) is 16.1 Å². The van der Waals surface area contributed by atoms with Crippen molar-refractivity contribution in [1.29, 1.82) is 0 Å². The van der Waals surface area contributed by atoms with Crippen molar-refractivity contribution in [3.05, 3.63) is 35.6 Å². The molecule has 2 rings (SSSR count). The Morgan fingerprint density at radius 1 is 1.31 bits per heavy atom. The summed E-state index contributed by atoms with van der Waals surface area (Å²) in [6, 6.07) is 6.64. The maximum atomic E-state index is 13.6. The van der Waals surface area contributed by atoms with Crippen molar-refractivity contribution in [3.63, 3.8) is 0 Å². The zero-order valence-corrected chi connectivity index (χ0v) is 10.9. The van der Waals surface area contributed by atoms with Gasteiger partial charge in [-0.15, -0.1) is 0 Å². The molecule has 0 aliphatic carbocycles. The number of thioether (sulfide) groups is 2. The lowest BCUT2D eigenvalue weighted by atomic mass is 10.0. The highest BCUT2D eigenvalue weighted by molar-refractivity contribution is 8.07. The van der Waals surface area contributed by atoms with Crippen molar-refractivity contribution < 1.29 is 4.39 Å². The molecular formula is C12H16FNS2. The Hall–Kier alpha value is -0.190. The molecule has 1 heterocycles. The molecule has 0 radical (unpaired) electrons. The van der Waals surface area contributed by atoms with E-state index in [1.807, 2.05) is 29.6 Å². The minimum absolute atomic E-state index is 0.182. The van der Waals surface area contributed by atoms with E-state index in [2.05, 4.69) is 6.92 Å². The summed E-state index contributed by atoms with van der Waals surface area (Å²) in [5.74, 6) is 2.10. The van der Waals surface area contributed by atoms with E-state index in [9.17, 15) is 4.39 Å². The number of benzene rings is 1. The lowest BCUT2D eigenvalue weighted by molar-refractivity contribution is 0.569. The Morgan fingerprint density at radius 2 is 2.00 bits per heavy atom. The van der Waals surface area contributed by atoms with E-state index < -0.39 is 0 Å². The fourth-order valence-electron chi connectivity index (χ4n) is 1.97. The van der Waals surface area contributed by atoms with Gasteiger partial charge in [0.2, 0.25) is 0 Å². The van der Waals surface area contributed by atoms with Gasteiger partial charge < -0.3 is 5.73 Å². The first-order valence-corrected chi connectivity index (χ1v) is 7.53. The van der Waals surface area contributed by atoms with Gasteiger partial charge in [0.05, 0.1) is 0 Å². The van der Waals surface area contributed by atoms with Crippen LogP contribution in [0.25, 0.3) is 0 Å². The van der Waals surface area contributed by atoms with Gasteiger partial charge in [-0.3, -0.25) is 0 Å². The number of hydrogen-bond donors (Lipinski definition) is 1. The lowest BCUT2D eigenvalue weighted by Crippen LogP contribution is -2.34. The summed E-state index contributed by atoms with van der Waals surface area (Å²) >= 11 is 3.80. The Morgan fingerprint density at radius 3 is 2.69 bits per heavy atom. The van der Waals surface area contributed by atoms with Crippen LogP contribution in [-0.4, -0.2) is 22.0 Å². The zero-order chi connectivity index (χ0) is 11.5. The molecule has 3 unspecified atom stereocenters. The van der Waals surface area contributed by atoms with E-state index in [0.717, 1.165) is 5.75 Å². The van der Waals surface area contributed by atoms with Gasteiger partial charge in [-0.1, -0.05) is 25.1 Å². The molecule has 2 N–H and O–H groups in total. The van der Waals surface area contributed by atoms with Crippen LogP contribution in [0.1, 0.15) is 18.5 Å². The van der Waals surface area contributed by atoms with Crippen LogP contribution < -0.4 is 5.73 Å². The van der Waals surface area contributed by atoms with Crippen molar-refractivity contribution in [3.8, 4) is 0 Å². The average molecular weight is 257 g/mol. The number of nitrogens with two attached hydrogens (primary N) is 1. The molecule has 1 aromatic rings. The second kappa shape index (κ2) is 5.43. The van der Waals surface area contributed by atoms with E-state index in [-0.39, 0.29) is 11.9 Å². The molecule has 3 atom stereocenters. The van der Waals surface area contributed by atoms with Gasteiger partial charge in [-0.05, 0) is 6.07 Å². The second-order valence-corrected chi connectivity index (χ2v) is 6.73. The average Bonchev–Trinajstić information content (AvgIpc) is 2.29. The lowest BCUT2D eigenvalue weighted by Gasteiger charge is -2.32. The Balaban J connectivity index is 2.17. The topological polar surface area (TPSA) is 26.0 Å². The van der Waals surface area contributed by atoms with Gasteiger partial charge in [-0.2, -0.15) is 23.5 Å². The van der Waals surface area contributed by atoms with Crippen LogP contribution in [-0.2, 0) is 0 Å². The van der Waals surface area contributed by atoms with Crippen molar-refractivity contribution in [2.45, 2.75) is 23.5 Å². The van der Waals surface area contributed by atoms with Gasteiger partial charge in [-0.25, -0.2) is 4.39 Å². The van der Waals surface area contributed by atoms with Crippen molar-refractivity contribution in [2.24, 2.45) is 5.73 Å². The molecule has 1 saturated heterocycles. The van der Waals surface area contributed by atoms with Crippen LogP contribution in [0.2, 0.25) is 0 Å². The highest BCUT2D eigenvalue weighted by Gasteiger charge is 2.30. The second-order valence-electron chi connectivity index (χ2n) is 3.96. The molecule has 0 bridgehead atoms. The SMILES string of the molecule is CC1SCCSC1C(N)c1ccccc1F. The summed E-state index contributed by atoms with van der Waals surface area (Å²) in [6.45, 7) is 2.18.